The molecule has 4 rings (SSSR count). The molecule has 0 unspecified atom stereocenters. The van der Waals surface area contributed by atoms with Crippen LogP contribution in [0.25, 0.3) is 10.3 Å². The van der Waals surface area contributed by atoms with Gasteiger partial charge in [0.2, 0.25) is 5.91 Å². The number of anilines is 2. The van der Waals surface area contributed by atoms with Crippen LogP contribution in [-0.2, 0) is 4.79 Å². The second-order valence-electron chi connectivity index (χ2n) is 8.07. The van der Waals surface area contributed by atoms with Crippen molar-refractivity contribution >= 4 is 50.2 Å². The minimum Gasteiger partial charge on any atom is -0.348 e. The summed E-state index contributed by atoms with van der Waals surface area (Å²) in [4.78, 5) is 37.3. The van der Waals surface area contributed by atoms with E-state index in [1.165, 1.54) is 29.5 Å². The molecular formula is C22H27N5O2S2. The number of aryl methyl sites for hydroxylation is 1. The normalized spacial score (nSPS) is 14.4. The number of piperidine rings is 1. The monoisotopic (exact) mass is 457 g/mol. The summed E-state index contributed by atoms with van der Waals surface area (Å²) in [5, 5.41) is 4.30. The van der Waals surface area contributed by atoms with Crippen molar-refractivity contribution < 1.29 is 4.79 Å². The van der Waals surface area contributed by atoms with E-state index in [9.17, 15) is 9.59 Å². The molecule has 2 aromatic heterocycles. The third kappa shape index (κ3) is 4.93. The van der Waals surface area contributed by atoms with Gasteiger partial charge in [-0.15, -0.1) is 0 Å². The van der Waals surface area contributed by atoms with Gasteiger partial charge in [-0.25, -0.2) is 4.98 Å². The Kier molecular flexibility index (Phi) is 6.62. The van der Waals surface area contributed by atoms with Gasteiger partial charge in [-0.05, 0) is 57.7 Å². The first-order chi connectivity index (χ1) is 14.9. The molecule has 0 spiro atoms. The standard InChI is InChI=1S/C22H27N5O2S2/c1-14(2)27-20(29)18-19(24-21(31-18)26-10-5-4-6-11-26)25-22(27)30-13-17(28)23-16-9-7-8-15(3)12-16/h7-9,12,14H,4-6,10-11,13H2,1-3H3,(H,23,28). The van der Waals surface area contributed by atoms with Crippen molar-refractivity contribution in [3.8, 4) is 0 Å². The number of rotatable bonds is 6. The van der Waals surface area contributed by atoms with Crippen LogP contribution in [0.3, 0.4) is 0 Å². The molecule has 1 aromatic carbocycles. The number of nitrogens with one attached hydrogen (secondary N) is 1. The maximum Gasteiger partial charge on any atom is 0.274 e. The summed E-state index contributed by atoms with van der Waals surface area (Å²) in [6.07, 6.45) is 3.54. The molecule has 0 aliphatic carbocycles. The zero-order valence-corrected chi connectivity index (χ0v) is 19.7. The Hall–Kier alpha value is -2.39. The zero-order chi connectivity index (χ0) is 22.0. The SMILES string of the molecule is Cc1cccc(NC(=O)CSc2nc3nc(N4CCCCC4)sc3c(=O)n2C(C)C)c1. The summed E-state index contributed by atoms with van der Waals surface area (Å²) < 4.78 is 2.26. The number of aromatic nitrogens is 3. The van der Waals surface area contributed by atoms with Crippen molar-refractivity contribution in [2.75, 3.05) is 29.1 Å². The van der Waals surface area contributed by atoms with E-state index >= 15 is 0 Å². The topological polar surface area (TPSA) is 80.1 Å². The molecule has 164 valence electrons. The van der Waals surface area contributed by atoms with Crippen LogP contribution in [0.1, 0.15) is 44.7 Å². The third-order valence-corrected chi connectivity index (χ3v) is 7.24. The number of thiazole rings is 1. The Bertz CT molecular complexity index is 1150. The molecule has 1 aliphatic heterocycles. The molecular weight excluding hydrogens is 430 g/mol. The maximum atomic E-state index is 13.2. The Morgan fingerprint density at radius 3 is 2.71 bits per heavy atom. The number of nitrogens with zero attached hydrogens (tertiary/aromatic N) is 4. The highest BCUT2D eigenvalue weighted by Crippen LogP contribution is 2.30. The molecule has 3 heterocycles. The summed E-state index contributed by atoms with van der Waals surface area (Å²) in [5.74, 6) is 0.0365. The lowest BCUT2D eigenvalue weighted by molar-refractivity contribution is -0.113. The van der Waals surface area contributed by atoms with E-state index in [1.807, 2.05) is 45.0 Å². The quantitative estimate of drug-likeness (QED) is 0.435. The highest BCUT2D eigenvalue weighted by molar-refractivity contribution is 7.99. The molecule has 0 bridgehead atoms. The van der Waals surface area contributed by atoms with Gasteiger partial charge in [-0.1, -0.05) is 35.2 Å². The molecule has 1 fully saturated rings. The van der Waals surface area contributed by atoms with Crippen molar-refractivity contribution in [2.45, 2.75) is 51.2 Å². The average Bonchev–Trinajstić information content (AvgIpc) is 3.17. The molecule has 1 saturated heterocycles. The van der Waals surface area contributed by atoms with E-state index in [1.54, 1.807) is 4.57 Å². The van der Waals surface area contributed by atoms with Crippen LogP contribution in [0.2, 0.25) is 0 Å². The van der Waals surface area contributed by atoms with Crippen molar-refractivity contribution in [3.63, 3.8) is 0 Å². The molecule has 1 amide bonds. The summed E-state index contributed by atoms with van der Waals surface area (Å²) in [5.41, 5.74) is 2.25. The fraction of sp³-hybridized carbons (Fsp3) is 0.455. The van der Waals surface area contributed by atoms with E-state index < -0.39 is 0 Å². The highest BCUT2D eigenvalue weighted by Gasteiger charge is 2.21. The van der Waals surface area contributed by atoms with E-state index in [-0.39, 0.29) is 23.3 Å². The van der Waals surface area contributed by atoms with Crippen molar-refractivity contribution in [3.05, 3.63) is 40.2 Å². The predicted molar refractivity (Wildman–Crippen MR) is 129 cm³/mol. The van der Waals surface area contributed by atoms with Gasteiger partial charge in [0.25, 0.3) is 5.56 Å². The van der Waals surface area contributed by atoms with Crippen molar-refractivity contribution in [1.29, 1.82) is 0 Å². The first kappa shape index (κ1) is 21.8. The fourth-order valence-electron chi connectivity index (χ4n) is 3.68. The van der Waals surface area contributed by atoms with Crippen LogP contribution < -0.4 is 15.8 Å². The fourth-order valence-corrected chi connectivity index (χ4v) is 5.60. The van der Waals surface area contributed by atoms with Crippen LogP contribution in [-0.4, -0.2) is 39.3 Å². The first-order valence-corrected chi connectivity index (χ1v) is 12.4. The lowest BCUT2D eigenvalue weighted by atomic mass is 10.1. The van der Waals surface area contributed by atoms with Gasteiger partial charge in [0.15, 0.2) is 15.9 Å². The molecule has 1 aliphatic rings. The molecule has 3 aromatic rings. The number of benzene rings is 1. The molecule has 9 heteroatoms. The number of fused-ring (bicyclic) bond motifs is 1. The second-order valence-corrected chi connectivity index (χ2v) is 9.99. The number of amides is 1. The predicted octanol–water partition coefficient (Wildman–Crippen LogP) is 4.46. The summed E-state index contributed by atoms with van der Waals surface area (Å²) in [7, 11) is 0. The minimum absolute atomic E-state index is 0.0627. The molecule has 1 N–H and O–H groups in total. The summed E-state index contributed by atoms with van der Waals surface area (Å²) >= 11 is 2.70. The molecule has 31 heavy (non-hydrogen) atoms. The van der Waals surface area contributed by atoms with E-state index in [0.717, 1.165) is 42.3 Å². The Morgan fingerprint density at radius 2 is 2.00 bits per heavy atom. The highest BCUT2D eigenvalue weighted by atomic mass is 32.2. The molecule has 0 radical (unpaired) electrons. The Balaban J connectivity index is 1.57. The van der Waals surface area contributed by atoms with Crippen LogP contribution in [0.4, 0.5) is 10.8 Å². The van der Waals surface area contributed by atoms with Crippen molar-refractivity contribution in [2.24, 2.45) is 0 Å². The Morgan fingerprint density at radius 1 is 1.23 bits per heavy atom. The van der Waals surface area contributed by atoms with Crippen molar-refractivity contribution in [1.82, 2.24) is 14.5 Å². The van der Waals surface area contributed by atoms with E-state index in [4.69, 9.17) is 0 Å². The summed E-state index contributed by atoms with van der Waals surface area (Å²) in [6, 6.07) is 7.62. The number of hydrogen-bond donors (Lipinski definition) is 1. The van der Waals surface area contributed by atoms with Gasteiger partial charge < -0.3 is 10.2 Å². The molecule has 0 saturated carbocycles. The summed E-state index contributed by atoms with van der Waals surface area (Å²) in [6.45, 7) is 7.84. The van der Waals surface area contributed by atoms with E-state index in [0.29, 0.717) is 15.5 Å². The number of hydrogen-bond acceptors (Lipinski definition) is 7. The average molecular weight is 458 g/mol. The van der Waals surface area contributed by atoms with Crippen LogP contribution >= 0.6 is 23.1 Å². The van der Waals surface area contributed by atoms with Gasteiger partial charge >= 0.3 is 0 Å². The first-order valence-electron chi connectivity index (χ1n) is 10.6. The number of carbonyl (C=O) groups is 1. The largest absolute Gasteiger partial charge is 0.348 e. The van der Waals surface area contributed by atoms with Gasteiger partial charge in [-0.3, -0.25) is 14.2 Å². The lowest BCUT2D eigenvalue weighted by Gasteiger charge is -2.25. The Labute approximate surface area is 189 Å². The van der Waals surface area contributed by atoms with Gasteiger partial charge in [-0.2, -0.15) is 4.98 Å². The molecule has 7 nitrogen and oxygen atoms in total. The minimum atomic E-state index is -0.132. The molecule has 0 atom stereocenters. The van der Waals surface area contributed by atoms with E-state index in [2.05, 4.69) is 20.2 Å². The van der Waals surface area contributed by atoms with Crippen LogP contribution in [0.15, 0.2) is 34.2 Å². The number of thioether (sulfide) groups is 1. The van der Waals surface area contributed by atoms with Crippen LogP contribution in [0, 0.1) is 6.92 Å². The zero-order valence-electron chi connectivity index (χ0n) is 18.1. The lowest BCUT2D eigenvalue weighted by Crippen LogP contribution is -2.29. The third-order valence-electron chi connectivity index (χ3n) is 5.20. The van der Waals surface area contributed by atoms with Gasteiger partial charge in [0.1, 0.15) is 4.70 Å². The number of carbonyl (C=O) groups excluding carboxylic acids is 1. The van der Waals surface area contributed by atoms with Gasteiger partial charge in [0, 0.05) is 24.8 Å². The van der Waals surface area contributed by atoms with Gasteiger partial charge in [0.05, 0.1) is 5.75 Å². The maximum absolute atomic E-state index is 13.2. The second kappa shape index (κ2) is 9.40. The smallest absolute Gasteiger partial charge is 0.274 e. The van der Waals surface area contributed by atoms with Crippen LogP contribution in [0.5, 0.6) is 0 Å².